The number of H-pyrrole nitrogens is 1. The van der Waals surface area contributed by atoms with Gasteiger partial charge in [0.25, 0.3) is 5.91 Å². The molecule has 7 heteroatoms. The number of likely N-dealkylation sites (tertiary alicyclic amines) is 1. The number of aromatic nitrogens is 3. The van der Waals surface area contributed by atoms with Crippen molar-refractivity contribution in [3.05, 3.63) is 23.5 Å². The van der Waals surface area contributed by atoms with E-state index < -0.39 is 0 Å². The van der Waals surface area contributed by atoms with Crippen LogP contribution in [0.15, 0.2) is 12.3 Å². The molecular weight excluding hydrogens is 318 g/mol. The number of ether oxygens (including phenoxy) is 1. The summed E-state index contributed by atoms with van der Waals surface area (Å²) in [6.07, 6.45) is 2.73. The Kier molecular flexibility index (Phi) is 4.43. The largest absolute Gasteiger partial charge is 0.379 e. The average molecular weight is 343 g/mol. The summed E-state index contributed by atoms with van der Waals surface area (Å²) in [5.41, 5.74) is 2.25. The zero-order chi connectivity index (χ0) is 17.4. The minimum atomic E-state index is 0.0733. The molecule has 2 aliphatic rings. The third kappa shape index (κ3) is 3.02. The van der Waals surface area contributed by atoms with Gasteiger partial charge in [-0.25, -0.2) is 4.98 Å². The first-order valence-corrected chi connectivity index (χ1v) is 9.09. The zero-order valence-electron chi connectivity index (χ0n) is 14.9. The van der Waals surface area contributed by atoms with Crippen molar-refractivity contribution < 1.29 is 9.53 Å². The summed E-state index contributed by atoms with van der Waals surface area (Å²) in [5, 5.41) is 7.98. The highest BCUT2D eigenvalue weighted by atomic mass is 16.5. The molecule has 4 rings (SSSR count). The molecule has 2 aromatic heterocycles. The predicted molar refractivity (Wildman–Crippen MR) is 94.5 cm³/mol. The first-order valence-electron chi connectivity index (χ1n) is 9.09. The Hall–Kier alpha value is -1.99. The second-order valence-electron chi connectivity index (χ2n) is 7.04. The van der Waals surface area contributed by atoms with E-state index in [0.29, 0.717) is 23.2 Å². The Morgan fingerprint density at radius 3 is 2.92 bits per heavy atom. The molecule has 0 spiro atoms. The van der Waals surface area contributed by atoms with Gasteiger partial charge >= 0.3 is 0 Å². The van der Waals surface area contributed by atoms with Crippen molar-refractivity contribution in [1.82, 2.24) is 25.0 Å². The quantitative estimate of drug-likeness (QED) is 0.913. The lowest BCUT2D eigenvalue weighted by molar-refractivity contribution is 0.0103. The first kappa shape index (κ1) is 16.5. The minimum absolute atomic E-state index is 0.0733. The third-order valence-corrected chi connectivity index (χ3v) is 5.58. The minimum Gasteiger partial charge on any atom is -0.379 e. The molecule has 2 fully saturated rings. The summed E-state index contributed by atoms with van der Waals surface area (Å²) in [4.78, 5) is 21.8. The number of morpholine rings is 1. The molecule has 2 aliphatic heterocycles. The molecule has 0 aromatic carbocycles. The smallest absolute Gasteiger partial charge is 0.255 e. The Bertz CT molecular complexity index is 768. The maximum atomic E-state index is 13.0. The van der Waals surface area contributed by atoms with Gasteiger partial charge in [0.15, 0.2) is 5.65 Å². The number of carbonyl (C=O) groups is 1. The highest BCUT2D eigenvalue weighted by molar-refractivity contribution is 5.97. The van der Waals surface area contributed by atoms with Crippen LogP contribution in [0.3, 0.4) is 0 Å². The molecular formula is C18H25N5O2. The van der Waals surface area contributed by atoms with Gasteiger partial charge in [-0.1, -0.05) is 13.3 Å². The number of aromatic amines is 1. The number of hydrogen-bond acceptors (Lipinski definition) is 5. The van der Waals surface area contributed by atoms with E-state index in [2.05, 4.69) is 27.0 Å². The van der Waals surface area contributed by atoms with Crippen LogP contribution < -0.4 is 0 Å². The van der Waals surface area contributed by atoms with Gasteiger partial charge in [0.1, 0.15) is 0 Å². The molecule has 1 amide bonds. The fourth-order valence-electron chi connectivity index (χ4n) is 4.06. The van der Waals surface area contributed by atoms with E-state index in [1.807, 2.05) is 17.9 Å². The highest BCUT2D eigenvalue weighted by Crippen LogP contribution is 2.27. The monoisotopic (exact) mass is 343 g/mol. The average Bonchev–Trinajstić information content (AvgIpc) is 3.25. The Labute approximate surface area is 147 Å². The van der Waals surface area contributed by atoms with Crippen LogP contribution in [0.25, 0.3) is 11.0 Å². The van der Waals surface area contributed by atoms with Gasteiger partial charge in [0, 0.05) is 49.5 Å². The van der Waals surface area contributed by atoms with Crippen molar-refractivity contribution in [2.75, 3.05) is 39.4 Å². The predicted octanol–water partition coefficient (Wildman–Crippen LogP) is 1.45. The van der Waals surface area contributed by atoms with Gasteiger partial charge < -0.3 is 9.64 Å². The number of nitrogens with one attached hydrogen (secondary N) is 1. The molecule has 0 radical (unpaired) electrons. The lowest BCUT2D eigenvalue weighted by Crippen LogP contribution is -2.47. The molecule has 4 heterocycles. The first-order chi connectivity index (χ1) is 12.2. The summed E-state index contributed by atoms with van der Waals surface area (Å²) < 4.78 is 5.48. The lowest BCUT2D eigenvalue weighted by atomic mass is 9.99. The number of aryl methyl sites for hydroxylation is 1. The second-order valence-corrected chi connectivity index (χ2v) is 7.04. The van der Waals surface area contributed by atoms with Crippen molar-refractivity contribution in [1.29, 1.82) is 0 Å². The Balaban J connectivity index is 1.53. The fourth-order valence-corrected chi connectivity index (χ4v) is 4.06. The van der Waals surface area contributed by atoms with Crippen LogP contribution in [0.4, 0.5) is 0 Å². The SMILES string of the molecule is CC[C@@H]1CN(C(=O)c2cnc3n[nH]c(C)c3c2)C[C@@H]1N1CCOCC1. The number of rotatable bonds is 3. The standard InChI is InChI=1S/C18H25N5O2/c1-3-13-10-23(11-16(13)22-4-6-25-7-5-22)18(24)14-8-15-12(2)20-21-17(15)19-9-14/h8-9,13,16H,3-7,10-11H2,1-2H3,(H,19,20,21)/t13-,16+/m1/s1. The molecule has 7 nitrogen and oxygen atoms in total. The molecule has 0 aliphatic carbocycles. The number of hydrogen-bond donors (Lipinski definition) is 1. The Morgan fingerprint density at radius 2 is 2.16 bits per heavy atom. The van der Waals surface area contributed by atoms with E-state index in [1.165, 1.54) is 0 Å². The second kappa shape index (κ2) is 6.72. The molecule has 0 saturated carbocycles. The van der Waals surface area contributed by atoms with Crippen LogP contribution >= 0.6 is 0 Å². The lowest BCUT2D eigenvalue weighted by Gasteiger charge is -2.34. The van der Waals surface area contributed by atoms with Crippen molar-refractivity contribution in [3.63, 3.8) is 0 Å². The van der Waals surface area contributed by atoms with Gasteiger partial charge in [0.05, 0.1) is 18.8 Å². The van der Waals surface area contributed by atoms with Crippen molar-refractivity contribution >= 4 is 16.9 Å². The molecule has 134 valence electrons. The van der Waals surface area contributed by atoms with Crippen LogP contribution in [0.1, 0.15) is 29.4 Å². The van der Waals surface area contributed by atoms with Gasteiger partial charge in [-0.15, -0.1) is 0 Å². The van der Waals surface area contributed by atoms with E-state index >= 15 is 0 Å². The summed E-state index contributed by atoms with van der Waals surface area (Å²) in [5.74, 6) is 0.596. The van der Waals surface area contributed by atoms with Crippen LogP contribution in [-0.2, 0) is 4.74 Å². The van der Waals surface area contributed by atoms with Crippen molar-refractivity contribution in [3.8, 4) is 0 Å². The number of nitrogens with zero attached hydrogens (tertiary/aromatic N) is 4. The molecule has 25 heavy (non-hydrogen) atoms. The maximum absolute atomic E-state index is 13.0. The van der Waals surface area contributed by atoms with Gasteiger partial charge in [-0.05, 0) is 18.9 Å². The highest BCUT2D eigenvalue weighted by Gasteiger charge is 2.38. The number of pyridine rings is 1. The molecule has 0 unspecified atom stereocenters. The summed E-state index contributed by atoms with van der Waals surface area (Å²) in [6.45, 7) is 9.29. The topological polar surface area (TPSA) is 74.4 Å². The third-order valence-electron chi connectivity index (χ3n) is 5.58. The van der Waals surface area contributed by atoms with E-state index in [9.17, 15) is 4.79 Å². The van der Waals surface area contributed by atoms with Gasteiger partial charge in [-0.3, -0.25) is 14.8 Å². The van der Waals surface area contributed by atoms with Crippen LogP contribution in [-0.4, -0.2) is 76.3 Å². The van der Waals surface area contributed by atoms with E-state index in [0.717, 1.165) is 56.9 Å². The molecule has 0 bridgehead atoms. The number of amides is 1. The maximum Gasteiger partial charge on any atom is 0.255 e. The van der Waals surface area contributed by atoms with E-state index in [4.69, 9.17) is 4.74 Å². The molecule has 2 atom stereocenters. The summed E-state index contributed by atoms with van der Waals surface area (Å²) >= 11 is 0. The molecule has 1 N–H and O–H groups in total. The number of carbonyl (C=O) groups excluding carboxylic acids is 1. The van der Waals surface area contributed by atoms with Crippen LogP contribution in [0.5, 0.6) is 0 Å². The van der Waals surface area contributed by atoms with Crippen LogP contribution in [0.2, 0.25) is 0 Å². The summed E-state index contributed by atoms with van der Waals surface area (Å²) in [6, 6.07) is 2.34. The van der Waals surface area contributed by atoms with Gasteiger partial charge in [0.2, 0.25) is 0 Å². The van der Waals surface area contributed by atoms with Crippen molar-refractivity contribution in [2.24, 2.45) is 5.92 Å². The normalized spacial score (nSPS) is 25.0. The van der Waals surface area contributed by atoms with Crippen molar-refractivity contribution in [2.45, 2.75) is 26.3 Å². The number of fused-ring (bicyclic) bond motifs is 1. The van der Waals surface area contributed by atoms with Gasteiger partial charge in [-0.2, -0.15) is 5.10 Å². The van der Waals surface area contributed by atoms with E-state index in [-0.39, 0.29) is 5.91 Å². The zero-order valence-corrected chi connectivity index (χ0v) is 14.9. The molecule has 2 saturated heterocycles. The van der Waals surface area contributed by atoms with E-state index in [1.54, 1.807) is 6.20 Å². The Morgan fingerprint density at radius 1 is 1.36 bits per heavy atom. The molecule has 2 aromatic rings. The van der Waals surface area contributed by atoms with Crippen LogP contribution in [0, 0.1) is 12.8 Å². The summed E-state index contributed by atoms with van der Waals surface area (Å²) in [7, 11) is 0. The fraction of sp³-hybridized carbons (Fsp3) is 0.611.